The summed E-state index contributed by atoms with van der Waals surface area (Å²) in [5.74, 6) is -0.105. The summed E-state index contributed by atoms with van der Waals surface area (Å²) >= 11 is 1.39. The number of hydrogen-bond acceptors (Lipinski definition) is 3. The highest BCUT2D eigenvalue weighted by molar-refractivity contribution is 7.13. The van der Waals surface area contributed by atoms with Crippen LogP contribution >= 0.6 is 11.3 Å². The van der Waals surface area contributed by atoms with Crippen molar-refractivity contribution in [3.05, 3.63) is 46.4 Å². The van der Waals surface area contributed by atoms with Crippen molar-refractivity contribution in [1.82, 2.24) is 4.98 Å². The fourth-order valence-electron chi connectivity index (χ4n) is 1.18. The molecule has 1 amide bonds. The van der Waals surface area contributed by atoms with E-state index in [2.05, 4.69) is 10.3 Å². The number of benzene rings is 1. The molecule has 3 nitrogen and oxygen atoms in total. The maximum Gasteiger partial charge on any atom is 0.267 e. The summed E-state index contributed by atoms with van der Waals surface area (Å²) in [5.41, 5.74) is 0.800. The van der Waals surface area contributed by atoms with E-state index in [-0.39, 0.29) is 5.91 Å². The average Bonchev–Trinajstić information content (AvgIpc) is 2.80. The Kier molecular flexibility index (Phi) is 5.36. The first-order valence-electron chi connectivity index (χ1n) is 5.54. The lowest BCUT2D eigenvalue weighted by Crippen LogP contribution is -2.09. The number of nitrogens with one attached hydrogen (secondary N) is 1. The molecule has 0 radical (unpaired) electrons. The molecule has 4 heteroatoms. The summed E-state index contributed by atoms with van der Waals surface area (Å²) in [6.45, 7) is 5.88. The SMILES string of the molecule is CC.Cc1ncc(C(=O)Nc2ccccc2)s1. The Morgan fingerprint density at radius 1 is 1.24 bits per heavy atom. The van der Waals surface area contributed by atoms with Gasteiger partial charge in [-0.3, -0.25) is 4.79 Å². The lowest BCUT2D eigenvalue weighted by Gasteiger charge is -2.01. The zero-order valence-corrected chi connectivity index (χ0v) is 11.0. The van der Waals surface area contributed by atoms with Crippen molar-refractivity contribution in [2.75, 3.05) is 5.32 Å². The summed E-state index contributed by atoms with van der Waals surface area (Å²) < 4.78 is 0. The van der Waals surface area contributed by atoms with Crippen LogP contribution in [0.25, 0.3) is 0 Å². The molecular weight excluding hydrogens is 232 g/mol. The van der Waals surface area contributed by atoms with Crippen LogP contribution in [-0.4, -0.2) is 10.9 Å². The van der Waals surface area contributed by atoms with Crippen molar-refractivity contribution in [3.63, 3.8) is 0 Å². The smallest absolute Gasteiger partial charge is 0.267 e. The quantitative estimate of drug-likeness (QED) is 0.879. The number of carbonyl (C=O) groups excluding carboxylic acids is 1. The topological polar surface area (TPSA) is 42.0 Å². The molecule has 0 aliphatic carbocycles. The van der Waals surface area contributed by atoms with Gasteiger partial charge in [0.2, 0.25) is 0 Å². The van der Waals surface area contributed by atoms with Gasteiger partial charge in [-0.25, -0.2) is 4.98 Å². The highest BCUT2D eigenvalue weighted by Crippen LogP contribution is 2.14. The average molecular weight is 248 g/mol. The third kappa shape index (κ3) is 4.00. The highest BCUT2D eigenvalue weighted by Gasteiger charge is 2.08. The highest BCUT2D eigenvalue weighted by atomic mass is 32.1. The van der Waals surface area contributed by atoms with Crippen LogP contribution in [0.15, 0.2) is 36.5 Å². The predicted molar refractivity (Wildman–Crippen MR) is 72.6 cm³/mol. The van der Waals surface area contributed by atoms with E-state index in [1.165, 1.54) is 11.3 Å². The minimum Gasteiger partial charge on any atom is -0.321 e. The third-order valence-electron chi connectivity index (χ3n) is 1.88. The molecule has 90 valence electrons. The van der Waals surface area contributed by atoms with E-state index < -0.39 is 0 Å². The molecular formula is C13H16N2OS. The molecule has 0 saturated carbocycles. The summed E-state index contributed by atoms with van der Waals surface area (Å²) in [4.78, 5) is 16.4. The van der Waals surface area contributed by atoms with E-state index >= 15 is 0 Å². The minimum atomic E-state index is -0.105. The van der Waals surface area contributed by atoms with Crippen LogP contribution in [0.3, 0.4) is 0 Å². The number of aromatic nitrogens is 1. The molecule has 2 aromatic rings. The molecule has 0 bridgehead atoms. The van der Waals surface area contributed by atoms with Gasteiger partial charge < -0.3 is 5.32 Å². The van der Waals surface area contributed by atoms with Gasteiger partial charge in [0.25, 0.3) is 5.91 Å². The standard InChI is InChI=1S/C11H10N2OS.C2H6/c1-8-12-7-10(15-8)11(14)13-9-5-3-2-4-6-9;1-2/h2-7H,1H3,(H,13,14);1-2H3. The van der Waals surface area contributed by atoms with Crippen LogP contribution in [0.1, 0.15) is 28.5 Å². The normalized spacial score (nSPS) is 9.12. The number of aryl methyl sites for hydroxylation is 1. The van der Waals surface area contributed by atoms with Gasteiger partial charge >= 0.3 is 0 Å². The maximum absolute atomic E-state index is 11.7. The van der Waals surface area contributed by atoms with Crippen molar-refractivity contribution in [1.29, 1.82) is 0 Å². The zero-order chi connectivity index (χ0) is 12.7. The summed E-state index contributed by atoms with van der Waals surface area (Å²) in [5, 5.41) is 3.70. The number of para-hydroxylation sites is 1. The Morgan fingerprint density at radius 3 is 2.41 bits per heavy atom. The molecule has 0 atom stereocenters. The Morgan fingerprint density at radius 2 is 1.88 bits per heavy atom. The summed E-state index contributed by atoms with van der Waals surface area (Å²) in [6.07, 6.45) is 1.60. The first-order chi connectivity index (χ1) is 8.25. The van der Waals surface area contributed by atoms with Crippen molar-refractivity contribution in [2.24, 2.45) is 0 Å². The van der Waals surface area contributed by atoms with Gasteiger partial charge in [-0.15, -0.1) is 11.3 Å². The molecule has 2 rings (SSSR count). The number of nitrogens with zero attached hydrogens (tertiary/aromatic N) is 1. The Bertz CT molecular complexity index is 465. The molecule has 1 heterocycles. The number of anilines is 1. The summed E-state index contributed by atoms with van der Waals surface area (Å²) in [6, 6.07) is 9.38. The molecule has 0 saturated heterocycles. The van der Waals surface area contributed by atoms with Gasteiger partial charge in [0.05, 0.1) is 11.2 Å². The van der Waals surface area contributed by atoms with Gasteiger partial charge in [-0.05, 0) is 19.1 Å². The van der Waals surface area contributed by atoms with Crippen LogP contribution in [0, 0.1) is 6.92 Å². The monoisotopic (exact) mass is 248 g/mol. The van der Waals surface area contributed by atoms with Gasteiger partial charge in [0.1, 0.15) is 4.88 Å². The fraction of sp³-hybridized carbons (Fsp3) is 0.231. The maximum atomic E-state index is 11.7. The van der Waals surface area contributed by atoms with E-state index in [0.717, 1.165) is 10.7 Å². The predicted octanol–water partition coefficient (Wildman–Crippen LogP) is 3.73. The van der Waals surface area contributed by atoms with Crippen molar-refractivity contribution in [2.45, 2.75) is 20.8 Å². The zero-order valence-electron chi connectivity index (χ0n) is 10.2. The number of hydrogen-bond donors (Lipinski definition) is 1. The molecule has 0 fully saturated rings. The Labute approximate surface area is 106 Å². The van der Waals surface area contributed by atoms with E-state index in [9.17, 15) is 4.79 Å². The van der Waals surface area contributed by atoms with Crippen molar-refractivity contribution in [3.8, 4) is 0 Å². The minimum absolute atomic E-state index is 0.105. The second-order valence-electron chi connectivity index (χ2n) is 3.06. The van der Waals surface area contributed by atoms with Crippen molar-refractivity contribution < 1.29 is 4.79 Å². The molecule has 1 aromatic carbocycles. The summed E-state index contributed by atoms with van der Waals surface area (Å²) in [7, 11) is 0. The van der Waals surface area contributed by atoms with Gasteiger partial charge in [0.15, 0.2) is 0 Å². The molecule has 0 aliphatic heterocycles. The third-order valence-corrected chi connectivity index (χ3v) is 2.79. The lowest BCUT2D eigenvalue weighted by atomic mass is 10.3. The number of carbonyl (C=O) groups is 1. The first kappa shape index (κ1) is 13.4. The molecule has 17 heavy (non-hydrogen) atoms. The first-order valence-corrected chi connectivity index (χ1v) is 6.36. The fourth-order valence-corrected chi connectivity index (χ4v) is 1.85. The Balaban J connectivity index is 0.000000686. The van der Waals surface area contributed by atoms with Crippen LogP contribution < -0.4 is 5.32 Å². The largest absolute Gasteiger partial charge is 0.321 e. The van der Waals surface area contributed by atoms with Crippen LogP contribution in [0.5, 0.6) is 0 Å². The Hall–Kier alpha value is -1.68. The molecule has 0 unspecified atom stereocenters. The van der Waals surface area contributed by atoms with Crippen molar-refractivity contribution >= 4 is 22.9 Å². The van der Waals surface area contributed by atoms with E-state index in [4.69, 9.17) is 0 Å². The molecule has 1 aromatic heterocycles. The van der Waals surface area contributed by atoms with E-state index in [1.807, 2.05) is 51.1 Å². The van der Waals surface area contributed by atoms with E-state index in [0.29, 0.717) is 4.88 Å². The number of thiazole rings is 1. The van der Waals surface area contributed by atoms with Gasteiger partial charge in [0, 0.05) is 5.69 Å². The second kappa shape index (κ2) is 6.81. The number of amides is 1. The lowest BCUT2D eigenvalue weighted by molar-refractivity contribution is 0.103. The number of rotatable bonds is 2. The van der Waals surface area contributed by atoms with Gasteiger partial charge in [-0.2, -0.15) is 0 Å². The molecule has 1 N–H and O–H groups in total. The van der Waals surface area contributed by atoms with Gasteiger partial charge in [-0.1, -0.05) is 32.0 Å². The van der Waals surface area contributed by atoms with Crippen LogP contribution in [-0.2, 0) is 0 Å². The van der Waals surface area contributed by atoms with Crippen LogP contribution in [0.2, 0.25) is 0 Å². The molecule has 0 spiro atoms. The van der Waals surface area contributed by atoms with Crippen LogP contribution in [0.4, 0.5) is 5.69 Å². The second-order valence-corrected chi connectivity index (χ2v) is 4.30. The van der Waals surface area contributed by atoms with E-state index in [1.54, 1.807) is 6.20 Å². The molecule has 0 aliphatic rings.